The molecule has 0 spiro atoms. The molecule has 27 heavy (non-hydrogen) atoms. The van der Waals surface area contributed by atoms with Crippen LogP contribution >= 0.6 is 0 Å². The number of aromatic nitrogens is 2. The SMILES string of the molecule is Cc1cccc(C)c1Nc1ncc(C(=O)N2CCCc3ccccc32)cn1. The number of amides is 1. The highest BCUT2D eigenvalue weighted by Gasteiger charge is 2.23. The molecule has 1 aliphatic heterocycles. The number of rotatable bonds is 3. The summed E-state index contributed by atoms with van der Waals surface area (Å²) >= 11 is 0. The maximum Gasteiger partial charge on any atom is 0.261 e. The highest BCUT2D eigenvalue weighted by atomic mass is 16.2. The molecule has 136 valence electrons. The van der Waals surface area contributed by atoms with Gasteiger partial charge in [0.05, 0.1) is 5.56 Å². The zero-order valence-corrected chi connectivity index (χ0v) is 15.6. The van der Waals surface area contributed by atoms with Gasteiger partial charge in [-0.1, -0.05) is 36.4 Å². The van der Waals surface area contributed by atoms with Crippen LogP contribution in [0.2, 0.25) is 0 Å². The molecule has 2 heterocycles. The second-order valence-electron chi connectivity index (χ2n) is 6.88. The summed E-state index contributed by atoms with van der Waals surface area (Å²) in [6.07, 6.45) is 5.18. The lowest BCUT2D eigenvalue weighted by Gasteiger charge is -2.29. The first kappa shape index (κ1) is 17.2. The van der Waals surface area contributed by atoms with E-state index in [2.05, 4.69) is 21.4 Å². The summed E-state index contributed by atoms with van der Waals surface area (Å²) in [6.45, 7) is 4.81. The Labute approximate surface area is 159 Å². The third kappa shape index (κ3) is 3.40. The molecule has 0 atom stereocenters. The molecule has 0 aliphatic carbocycles. The van der Waals surface area contributed by atoms with Crippen molar-refractivity contribution in [2.24, 2.45) is 0 Å². The quantitative estimate of drug-likeness (QED) is 0.752. The number of hydrogen-bond donors (Lipinski definition) is 1. The van der Waals surface area contributed by atoms with Crippen molar-refractivity contribution >= 4 is 23.2 Å². The van der Waals surface area contributed by atoms with Gasteiger partial charge < -0.3 is 10.2 Å². The lowest BCUT2D eigenvalue weighted by molar-refractivity contribution is 0.0984. The Morgan fingerprint density at radius 3 is 2.44 bits per heavy atom. The van der Waals surface area contributed by atoms with Crippen molar-refractivity contribution in [3.05, 3.63) is 77.1 Å². The molecule has 0 fully saturated rings. The second-order valence-corrected chi connectivity index (χ2v) is 6.88. The molecule has 0 saturated heterocycles. The first-order chi connectivity index (χ1) is 13.1. The van der Waals surface area contributed by atoms with Crippen LogP contribution in [0.3, 0.4) is 0 Å². The van der Waals surface area contributed by atoms with Crippen LogP contribution < -0.4 is 10.2 Å². The van der Waals surface area contributed by atoms with Crippen LogP contribution in [0.4, 0.5) is 17.3 Å². The number of para-hydroxylation sites is 2. The summed E-state index contributed by atoms with van der Waals surface area (Å²) < 4.78 is 0. The van der Waals surface area contributed by atoms with Crippen molar-refractivity contribution in [1.29, 1.82) is 0 Å². The van der Waals surface area contributed by atoms with E-state index in [1.807, 2.05) is 55.1 Å². The predicted molar refractivity (Wildman–Crippen MR) is 108 cm³/mol. The van der Waals surface area contributed by atoms with E-state index in [0.717, 1.165) is 41.9 Å². The maximum absolute atomic E-state index is 13.0. The number of aryl methyl sites for hydroxylation is 3. The van der Waals surface area contributed by atoms with Gasteiger partial charge >= 0.3 is 0 Å². The summed E-state index contributed by atoms with van der Waals surface area (Å²) in [5.41, 5.74) is 5.96. The van der Waals surface area contributed by atoms with Gasteiger partial charge in [0.1, 0.15) is 0 Å². The molecule has 0 radical (unpaired) electrons. The van der Waals surface area contributed by atoms with Crippen molar-refractivity contribution in [2.45, 2.75) is 26.7 Å². The van der Waals surface area contributed by atoms with Crippen molar-refractivity contribution in [1.82, 2.24) is 9.97 Å². The fourth-order valence-corrected chi connectivity index (χ4v) is 3.53. The summed E-state index contributed by atoms with van der Waals surface area (Å²) in [7, 11) is 0. The predicted octanol–water partition coefficient (Wildman–Crippen LogP) is 4.43. The van der Waals surface area contributed by atoms with E-state index in [-0.39, 0.29) is 5.91 Å². The Hall–Kier alpha value is -3.21. The monoisotopic (exact) mass is 358 g/mol. The van der Waals surface area contributed by atoms with E-state index in [4.69, 9.17) is 0 Å². The summed E-state index contributed by atoms with van der Waals surface area (Å²) in [5, 5.41) is 3.25. The molecule has 2 aromatic carbocycles. The van der Waals surface area contributed by atoms with Gasteiger partial charge in [-0.3, -0.25) is 4.79 Å². The highest BCUT2D eigenvalue weighted by Crippen LogP contribution is 2.28. The van der Waals surface area contributed by atoms with Gasteiger partial charge in [0.15, 0.2) is 0 Å². The molecule has 0 unspecified atom stereocenters. The first-order valence-electron chi connectivity index (χ1n) is 9.18. The van der Waals surface area contributed by atoms with E-state index in [1.165, 1.54) is 5.56 Å². The Morgan fingerprint density at radius 1 is 1.00 bits per heavy atom. The molecule has 1 aliphatic rings. The van der Waals surface area contributed by atoms with Crippen LogP contribution in [-0.4, -0.2) is 22.4 Å². The van der Waals surface area contributed by atoms with Crippen LogP contribution in [0.1, 0.15) is 33.5 Å². The van der Waals surface area contributed by atoms with E-state index in [9.17, 15) is 4.79 Å². The highest BCUT2D eigenvalue weighted by molar-refractivity contribution is 6.06. The largest absolute Gasteiger partial charge is 0.324 e. The number of nitrogens with one attached hydrogen (secondary N) is 1. The number of fused-ring (bicyclic) bond motifs is 1. The average molecular weight is 358 g/mol. The van der Waals surface area contributed by atoms with Gasteiger partial charge in [-0.15, -0.1) is 0 Å². The second kappa shape index (κ2) is 7.19. The Bertz CT molecular complexity index is 962. The molecule has 5 nitrogen and oxygen atoms in total. The number of anilines is 3. The van der Waals surface area contributed by atoms with Gasteiger partial charge in [-0.05, 0) is 49.4 Å². The molecule has 1 amide bonds. The fourth-order valence-electron chi connectivity index (χ4n) is 3.53. The number of nitrogens with zero attached hydrogens (tertiary/aromatic N) is 3. The molecule has 4 rings (SSSR count). The van der Waals surface area contributed by atoms with Crippen LogP contribution in [0, 0.1) is 13.8 Å². The third-order valence-corrected chi connectivity index (χ3v) is 4.97. The van der Waals surface area contributed by atoms with Gasteiger partial charge in [-0.2, -0.15) is 0 Å². The Morgan fingerprint density at radius 2 is 1.70 bits per heavy atom. The molecule has 3 aromatic rings. The van der Waals surface area contributed by atoms with E-state index >= 15 is 0 Å². The van der Waals surface area contributed by atoms with Gasteiger partial charge in [0.2, 0.25) is 5.95 Å². The van der Waals surface area contributed by atoms with Crippen molar-refractivity contribution in [2.75, 3.05) is 16.8 Å². The lowest BCUT2D eigenvalue weighted by atomic mass is 10.0. The van der Waals surface area contributed by atoms with E-state index in [1.54, 1.807) is 12.4 Å². The van der Waals surface area contributed by atoms with Crippen LogP contribution in [0.25, 0.3) is 0 Å². The van der Waals surface area contributed by atoms with E-state index < -0.39 is 0 Å². The maximum atomic E-state index is 13.0. The third-order valence-electron chi connectivity index (χ3n) is 4.97. The van der Waals surface area contributed by atoms with Gasteiger partial charge in [-0.25, -0.2) is 9.97 Å². The molecule has 0 bridgehead atoms. The van der Waals surface area contributed by atoms with E-state index in [0.29, 0.717) is 11.5 Å². The van der Waals surface area contributed by atoms with Crippen molar-refractivity contribution in [3.8, 4) is 0 Å². The first-order valence-corrected chi connectivity index (χ1v) is 9.18. The topological polar surface area (TPSA) is 58.1 Å². The van der Waals surface area contributed by atoms with Gasteiger partial charge in [0, 0.05) is 30.3 Å². The van der Waals surface area contributed by atoms with Crippen LogP contribution in [-0.2, 0) is 6.42 Å². The normalized spacial score (nSPS) is 13.2. The molecule has 0 saturated carbocycles. The van der Waals surface area contributed by atoms with Crippen LogP contribution in [0.5, 0.6) is 0 Å². The fraction of sp³-hybridized carbons (Fsp3) is 0.227. The van der Waals surface area contributed by atoms with Crippen LogP contribution in [0.15, 0.2) is 54.9 Å². The Balaban J connectivity index is 1.55. The minimum absolute atomic E-state index is 0.0548. The number of carbonyl (C=O) groups is 1. The summed E-state index contributed by atoms with van der Waals surface area (Å²) in [5.74, 6) is 0.434. The molecule has 5 heteroatoms. The molecule has 1 N–H and O–H groups in total. The smallest absolute Gasteiger partial charge is 0.261 e. The summed E-state index contributed by atoms with van der Waals surface area (Å²) in [4.78, 5) is 23.5. The number of hydrogen-bond acceptors (Lipinski definition) is 4. The number of carbonyl (C=O) groups excluding carboxylic acids is 1. The zero-order chi connectivity index (χ0) is 18.8. The Kier molecular flexibility index (Phi) is 4.59. The van der Waals surface area contributed by atoms with Crippen molar-refractivity contribution < 1.29 is 4.79 Å². The lowest BCUT2D eigenvalue weighted by Crippen LogP contribution is -2.35. The molecule has 1 aromatic heterocycles. The summed E-state index contributed by atoms with van der Waals surface area (Å²) in [6, 6.07) is 14.2. The molecular formula is C22H22N4O. The molecular weight excluding hydrogens is 336 g/mol. The minimum Gasteiger partial charge on any atom is -0.324 e. The standard InChI is InChI=1S/C22H22N4O/c1-15-7-5-8-16(2)20(15)25-22-23-13-18(14-24-22)21(27)26-12-6-10-17-9-3-4-11-19(17)26/h3-5,7-9,11,13-14H,6,10,12H2,1-2H3,(H,23,24,25). The average Bonchev–Trinajstić information content (AvgIpc) is 2.70. The minimum atomic E-state index is -0.0548. The van der Waals surface area contributed by atoms with Crippen molar-refractivity contribution in [3.63, 3.8) is 0 Å². The zero-order valence-electron chi connectivity index (χ0n) is 15.6. The number of benzene rings is 2. The van der Waals surface area contributed by atoms with Gasteiger partial charge in [0.25, 0.3) is 5.91 Å².